The number of hydrogen-bond acceptors (Lipinski definition) is 7. The fraction of sp³-hybridized carbons (Fsp3) is 0.515. The zero-order chi connectivity index (χ0) is 30.5. The van der Waals surface area contributed by atoms with Crippen LogP contribution >= 0.6 is 0 Å². The highest BCUT2D eigenvalue weighted by Crippen LogP contribution is 2.21. The molecule has 0 fully saturated rings. The summed E-state index contributed by atoms with van der Waals surface area (Å²) in [4.78, 5) is 40.6. The van der Waals surface area contributed by atoms with Gasteiger partial charge in [0.15, 0.2) is 5.60 Å². The minimum atomic E-state index is -1.10. The van der Waals surface area contributed by atoms with Gasteiger partial charge < -0.3 is 14.4 Å². The Labute approximate surface area is 249 Å². The number of unbranched alkanes of at least 4 members (excludes halogenated alkanes) is 4. The molecule has 0 radical (unpaired) electrons. The summed E-state index contributed by atoms with van der Waals surface area (Å²) in [7, 11) is 1.60. The Morgan fingerprint density at radius 2 is 1.50 bits per heavy atom. The summed E-state index contributed by atoms with van der Waals surface area (Å²) in [6, 6.07) is 17.7. The SMILES string of the molecule is CCCCCCCn1c(=O)c(N(CCc2ccccc2)CCc2ccc(OC(C)(C)C(=O)OCC)cc2)nn(C)c1=O. The molecule has 9 nitrogen and oxygen atoms in total. The molecule has 1 aromatic heterocycles. The minimum absolute atomic E-state index is 0.290. The number of aromatic nitrogens is 3. The zero-order valence-electron chi connectivity index (χ0n) is 25.8. The monoisotopic (exact) mass is 578 g/mol. The van der Waals surface area contributed by atoms with E-state index in [0.717, 1.165) is 49.7 Å². The van der Waals surface area contributed by atoms with Gasteiger partial charge in [0.05, 0.1) is 6.61 Å². The fourth-order valence-electron chi connectivity index (χ4n) is 4.74. The van der Waals surface area contributed by atoms with E-state index in [1.807, 2.05) is 47.4 Å². The maximum absolute atomic E-state index is 13.6. The Bertz CT molecular complexity index is 1380. The highest BCUT2D eigenvalue weighted by atomic mass is 16.6. The van der Waals surface area contributed by atoms with Gasteiger partial charge in [0.1, 0.15) is 5.75 Å². The van der Waals surface area contributed by atoms with Crippen molar-refractivity contribution in [2.24, 2.45) is 7.05 Å². The first-order chi connectivity index (χ1) is 20.2. The molecule has 42 heavy (non-hydrogen) atoms. The van der Waals surface area contributed by atoms with Gasteiger partial charge in [-0.3, -0.25) is 9.36 Å². The molecule has 1 heterocycles. The van der Waals surface area contributed by atoms with Crippen LogP contribution in [0.25, 0.3) is 0 Å². The molecule has 0 aliphatic rings. The number of esters is 1. The molecular weight excluding hydrogens is 532 g/mol. The largest absolute Gasteiger partial charge is 0.476 e. The van der Waals surface area contributed by atoms with Crippen LogP contribution in [-0.2, 0) is 36.0 Å². The number of carbonyl (C=O) groups excluding carboxylic acids is 1. The molecule has 0 saturated carbocycles. The van der Waals surface area contributed by atoms with Crippen molar-refractivity contribution in [2.75, 3.05) is 24.6 Å². The number of anilines is 1. The Morgan fingerprint density at radius 1 is 0.881 bits per heavy atom. The van der Waals surface area contributed by atoms with Crippen molar-refractivity contribution in [3.8, 4) is 5.75 Å². The number of rotatable bonds is 17. The molecule has 0 amide bonds. The van der Waals surface area contributed by atoms with Gasteiger partial charge in [0.2, 0.25) is 5.82 Å². The molecule has 0 aliphatic carbocycles. The Balaban J connectivity index is 1.79. The third-order valence-corrected chi connectivity index (χ3v) is 7.22. The second kappa shape index (κ2) is 15.9. The van der Waals surface area contributed by atoms with Crippen molar-refractivity contribution in [3.63, 3.8) is 0 Å². The number of benzene rings is 2. The van der Waals surface area contributed by atoms with E-state index in [9.17, 15) is 14.4 Å². The molecular formula is C33H46N4O5. The van der Waals surface area contributed by atoms with Crippen molar-refractivity contribution in [2.45, 2.75) is 84.8 Å². The van der Waals surface area contributed by atoms with Crippen LogP contribution in [0.1, 0.15) is 70.9 Å². The number of carbonyl (C=O) groups is 1. The van der Waals surface area contributed by atoms with Crippen LogP contribution in [0.5, 0.6) is 5.75 Å². The van der Waals surface area contributed by atoms with Crippen molar-refractivity contribution in [1.82, 2.24) is 14.3 Å². The summed E-state index contributed by atoms with van der Waals surface area (Å²) in [6.45, 7) is 9.09. The van der Waals surface area contributed by atoms with Crippen LogP contribution in [-0.4, -0.2) is 45.6 Å². The second-order valence-electron chi connectivity index (χ2n) is 11.1. The lowest BCUT2D eigenvalue weighted by molar-refractivity contribution is -0.158. The molecule has 9 heteroatoms. The lowest BCUT2D eigenvalue weighted by Crippen LogP contribution is -2.45. The first-order valence-corrected chi connectivity index (χ1v) is 15.1. The summed E-state index contributed by atoms with van der Waals surface area (Å²) < 4.78 is 13.6. The zero-order valence-corrected chi connectivity index (χ0v) is 25.8. The van der Waals surface area contributed by atoms with Crippen molar-refractivity contribution in [1.29, 1.82) is 0 Å². The summed E-state index contributed by atoms with van der Waals surface area (Å²) >= 11 is 0. The van der Waals surface area contributed by atoms with Crippen LogP contribution in [0.2, 0.25) is 0 Å². The quantitative estimate of drug-likeness (QED) is 0.166. The molecule has 0 spiro atoms. The van der Waals surface area contributed by atoms with Gasteiger partial charge in [-0.2, -0.15) is 0 Å². The molecule has 0 saturated heterocycles. The fourth-order valence-corrected chi connectivity index (χ4v) is 4.74. The van der Waals surface area contributed by atoms with E-state index in [-0.39, 0.29) is 17.1 Å². The average molecular weight is 579 g/mol. The molecule has 2 aromatic carbocycles. The average Bonchev–Trinajstić information content (AvgIpc) is 2.98. The van der Waals surface area contributed by atoms with E-state index < -0.39 is 11.6 Å². The standard InChI is InChI=1S/C33H46N4O5/c1-6-8-9-10-14-23-37-30(38)29(34-35(5)32(37)40)36(24-21-26-15-12-11-13-16-26)25-22-27-17-19-28(20-18-27)42-33(3,4)31(39)41-7-2/h11-13,15-20H,6-10,14,21-25H2,1-5H3. The highest BCUT2D eigenvalue weighted by Gasteiger charge is 2.31. The smallest absolute Gasteiger partial charge is 0.349 e. The first-order valence-electron chi connectivity index (χ1n) is 15.1. The third-order valence-electron chi connectivity index (χ3n) is 7.22. The predicted molar refractivity (Wildman–Crippen MR) is 166 cm³/mol. The normalized spacial score (nSPS) is 11.4. The Morgan fingerprint density at radius 3 is 2.12 bits per heavy atom. The van der Waals surface area contributed by atoms with Crippen LogP contribution in [0.15, 0.2) is 64.2 Å². The van der Waals surface area contributed by atoms with Crippen LogP contribution in [0, 0.1) is 0 Å². The van der Waals surface area contributed by atoms with E-state index in [1.165, 1.54) is 9.25 Å². The summed E-state index contributed by atoms with van der Waals surface area (Å²) in [5.74, 6) is 0.441. The second-order valence-corrected chi connectivity index (χ2v) is 11.1. The molecule has 0 N–H and O–H groups in total. The molecule has 228 valence electrons. The lowest BCUT2D eigenvalue weighted by atomic mass is 10.1. The minimum Gasteiger partial charge on any atom is -0.476 e. The van der Waals surface area contributed by atoms with Gasteiger partial charge in [-0.05, 0) is 63.3 Å². The number of aryl methyl sites for hydroxylation is 1. The van der Waals surface area contributed by atoms with Gasteiger partial charge in [-0.25, -0.2) is 14.3 Å². The van der Waals surface area contributed by atoms with E-state index in [2.05, 4.69) is 24.2 Å². The van der Waals surface area contributed by atoms with Gasteiger partial charge >= 0.3 is 11.7 Å². The van der Waals surface area contributed by atoms with Crippen molar-refractivity contribution >= 4 is 11.8 Å². The third kappa shape index (κ3) is 9.33. The van der Waals surface area contributed by atoms with Crippen LogP contribution in [0.4, 0.5) is 5.82 Å². The van der Waals surface area contributed by atoms with Crippen molar-refractivity contribution < 1.29 is 14.3 Å². The number of hydrogen-bond donors (Lipinski definition) is 0. The lowest BCUT2D eigenvalue weighted by Gasteiger charge is -2.25. The summed E-state index contributed by atoms with van der Waals surface area (Å²) in [5.41, 5.74) is 0.378. The molecule has 3 aromatic rings. The van der Waals surface area contributed by atoms with E-state index >= 15 is 0 Å². The maximum atomic E-state index is 13.6. The number of nitrogens with zero attached hydrogens (tertiary/aromatic N) is 4. The topological polar surface area (TPSA) is 95.7 Å². The van der Waals surface area contributed by atoms with Crippen LogP contribution < -0.4 is 20.9 Å². The summed E-state index contributed by atoms with van der Waals surface area (Å²) in [6.07, 6.45) is 6.53. The van der Waals surface area contributed by atoms with Crippen LogP contribution in [0.3, 0.4) is 0 Å². The van der Waals surface area contributed by atoms with Crippen molar-refractivity contribution in [3.05, 3.63) is 86.6 Å². The molecule has 0 unspecified atom stereocenters. The van der Waals surface area contributed by atoms with Gasteiger partial charge in [0.25, 0.3) is 5.56 Å². The molecule has 0 aliphatic heterocycles. The molecule has 0 bridgehead atoms. The first kappa shape index (κ1) is 32.6. The predicted octanol–water partition coefficient (Wildman–Crippen LogP) is 4.92. The molecule has 3 rings (SSSR count). The van der Waals surface area contributed by atoms with E-state index in [4.69, 9.17) is 9.47 Å². The van der Waals surface area contributed by atoms with Gasteiger partial charge in [-0.15, -0.1) is 5.10 Å². The number of ether oxygens (including phenoxy) is 2. The van der Waals surface area contributed by atoms with Gasteiger partial charge in [-0.1, -0.05) is 75.1 Å². The Kier molecular flexibility index (Phi) is 12.4. The highest BCUT2D eigenvalue weighted by molar-refractivity contribution is 5.79. The van der Waals surface area contributed by atoms with E-state index in [0.29, 0.717) is 38.4 Å². The summed E-state index contributed by atoms with van der Waals surface area (Å²) in [5, 5.41) is 4.43. The maximum Gasteiger partial charge on any atom is 0.349 e. The van der Waals surface area contributed by atoms with Gasteiger partial charge in [0, 0.05) is 26.7 Å². The van der Waals surface area contributed by atoms with E-state index in [1.54, 1.807) is 27.8 Å². The molecule has 0 atom stereocenters. The Hall–Kier alpha value is -3.88.